The number of alkyl halides is 1. The molecule has 148 valence electrons. The second-order valence-corrected chi connectivity index (χ2v) is 9.90. The van der Waals surface area contributed by atoms with Crippen LogP contribution in [0.5, 0.6) is 0 Å². The van der Waals surface area contributed by atoms with E-state index in [0.717, 1.165) is 54.4 Å². The highest BCUT2D eigenvalue weighted by Crippen LogP contribution is 2.50. The van der Waals surface area contributed by atoms with Crippen molar-refractivity contribution in [1.82, 2.24) is 19.9 Å². The summed E-state index contributed by atoms with van der Waals surface area (Å²) >= 11 is 3.52. The number of nitrogens with zero attached hydrogens (tertiary/aromatic N) is 4. The topological polar surface area (TPSA) is 43.2 Å². The number of ether oxygens (including phenoxy) is 1. The highest BCUT2D eigenvalue weighted by Gasteiger charge is 2.47. The molecule has 0 radical (unpaired) electrons. The minimum atomic E-state index is -0.986. The summed E-state index contributed by atoms with van der Waals surface area (Å²) in [5.74, 6) is 1.04. The van der Waals surface area contributed by atoms with Crippen LogP contribution in [-0.4, -0.2) is 51.1 Å². The Kier molecular flexibility index (Phi) is 5.60. The SMILES string of the molecule is CSCCn1cc(CN2CCC3(C[C@@H]2C)OCC(F)c2cc(C)sc23)nn1. The maximum atomic E-state index is 14.3. The van der Waals surface area contributed by atoms with Crippen molar-refractivity contribution < 1.29 is 9.13 Å². The van der Waals surface area contributed by atoms with Crippen LogP contribution >= 0.6 is 23.1 Å². The monoisotopic (exact) mass is 410 g/mol. The first-order valence-corrected chi connectivity index (χ1v) is 11.7. The van der Waals surface area contributed by atoms with Gasteiger partial charge in [0, 0.05) is 46.4 Å². The molecule has 0 saturated carbocycles. The molecular formula is C19H27FN4OS2. The largest absolute Gasteiger partial charge is 0.366 e. The maximum Gasteiger partial charge on any atom is 0.150 e. The molecule has 0 aliphatic carbocycles. The molecule has 2 aliphatic heterocycles. The van der Waals surface area contributed by atoms with Crippen LogP contribution in [0, 0.1) is 6.92 Å². The Hall–Kier alpha value is -0.960. The van der Waals surface area contributed by atoms with Gasteiger partial charge in [0.15, 0.2) is 0 Å². The Morgan fingerprint density at radius 2 is 2.33 bits per heavy atom. The number of piperidine rings is 1. The Bertz CT molecular complexity index is 795. The lowest BCUT2D eigenvalue weighted by Gasteiger charge is -2.47. The first-order valence-electron chi connectivity index (χ1n) is 9.51. The lowest BCUT2D eigenvalue weighted by atomic mass is 9.81. The van der Waals surface area contributed by atoms with Crippen LogP contribution in [0.4, 0.5) is 4.39 Å². The number of aromatic nitrogens is 3. The van der Waals surface area contributed by atoms with Gasteiger partial charge < -0.3 is 4.74 Å². The third kappa shape index (κ3) is 3.81. The van der Waals surface area contributed by atoms with E-state index in [0.29, 0.717) is 6.04 Å². The van der Waals surface area contributed by atoms with Gasteiger partial charge >= 0.3 is 0 Å². The van der Waals surface area contributed by atoms with Crippen LogP contribution in [-0.2, 0) is 23.4 Å². The van der Waals surface area contributed by atoms with E-state index in [2.05, 4.69) is 41.5 Å². The number of thioether (sulfide) groups is 1. The van der Waals surface area contributed by atoms with Gasteiger partial charge in [-0.3, -0.25) is 9.58 Å². The van der Waals surface area contributed by atoms with Gasteiger partial charge in [-0.25, -0.2) is 4.39 Å². The predicted molar refractivity (Wildman–Crippen MR) is 108 cm³/mol. The summed E-state index contributed by atoms with van der Waals surface area (Å²) < 4.78 is 22.4. The molecule has 0 bridgehead atoms. The van der Waals surface area contributed by atoms with Crippen molar-refractivity contribution in [3.63, 3.8) is 0 Å². The zero-order valence-corrected chi connectivity index (χ0v) is 17.8. The van der Waals surface area contributed by atoms with Crippen LogP contribution in [0.3, 0.4) is 0 Å². The molecule has 3 atom stereocenters. The van der Waals surface area contributed by atoms with E-state index in [1.54, 1.807) is 11.3 Å². The summed E-state index contributed by atoms with van der Waals surface area (Å²) in [6.45, 7) is 7.10. The minimum absolute atomic E-state index is 0.180. The Labute approximate surface area is 168 Å². The molecular weight excluding hydrogens is 383 g/mol. The van der Waals surface area contributed by atoms with Crippen LogP contribution in [0.2, 0.25) is 0 Å². The fraction of sp³-hybridized carbons (Fsp3) is 0.684. The first-order chi connectivity index (χ1) is 13.0. The summed E-state index contributed by atoms with van der Waals surface area (Å²) in [5.41, 5.74) is 1.56. The lowest BCUT2D eigenvalue weighted by molar-refractivity contribution is -0.128. The third-order valence-corrected chi connectivity index (χ3v) is 7.51. The van der Waals surface area contributed by atoms with Gasteiger partial charge in [0.25, 0.3) is 0 Å². The molecule has 0 aromatic carbocycles. The van der Waals surface area contributed by atoms with E-state index >= 15 is 0 Å². The fourth-order valence-corrected chi connectivity index (χ4v) is 5.86. The molecule has 27 heavy (non-hydrogen) atoms. The quantitative estimate of drug-likeness (QED) is 0.747. The molecule has 1 fully saturated rings. The maximum absolute atomic E-state index is 14.3. The summed E-state index contributed by atoms with van der Waals surface area (Å²) in [6, 6.07) is 2.36. The molecule has 2 aromatic heterocycles. The molecule has 0 amide bonds. The van der Waals surface area contributed by atoms with E-state index < -0.39 is 6.17 Å². The highest BCUT2D eigenvalue weighted by atomic mass is 32.2. The van der Waals surface area contributed by atoms with Gasteiger partial charge in [-0.05, 0) is 39.0 Å². The second-order valence-electron chi connectivity index (χ2n) is 7.65. The van der Waals surface area contributed by atoms with E-state index in [4.69, 9.17) is 4.74 Å². The average molecular weight is 411 g/mol. The Morgan fingerprint density at radius 3 is 3.11 bits per heavy atom. The van der Waals surface area contributed by atoms with Crippen molar-refractivity contribution in [3.05, 3.63) is 33.3 Å². The van der Waals surface area contributed by atoms with Crippen LogP contribution in [0.25, 0.3) is 0 Å². The van der Waals surface area contributed by atoms with Gasteiger partial charge in [-0.1, -0.05) is 5.21 Å². The smallest absolute Gasteiger partial charge is 0.150 e. The predicted octanol–water partition coefficient (Wildman–Crippen LogP) is 3.93. The third-order valence-electron chi connectivity index (χ3n) is 5.67. The van der Waals surface area contributed by atoms with Crippen molar-refractivity contribution in [2.45, 2.75) is 57.6 Å². The number of hydrogen-bond donors (Lipinski definition) is 0. The van der Waals surface area contributed by atoms with Crippen molar-refractivity contribution in [2.75, 3.05) is 25.2 Å². The normalized spacial score (nSPS) is 28.6. The lowest BCUT2D eigenvalue weighted by Crippen LogP contribution is -2.50. The molecule has 1 saturated heterocycles. The summed E-state index contributed by atoms with van der Waals surface area (Å²) in [6.07, 6.45) is 4.96. The van der Waals surface area contributed by atoms with Crippen molar-refractivity contribution in [1.29, 1.82) is 0 Å². The standard InChI is InChI=1S/C19H27FN4OS2/c1-13-9-19(18-16(8-14(2)27-18)17(20)12-25-19)4-5-23(13)10-15-11-24(22-21-15)6-7-26-3/h8,11,13,17H,4-7,9-10,12H2,1-3H3/t13-,17?,19?/m0/s1. The van der Waals surface area contributed by atoms with Crippen LogP contribution in [0.15, 0.2) is 12.3 Å². The van der Waals surface area contributed by atoms with Gasteiger partial charge in [0.1, 0.15) is 11.8 Å². The number of rotatable bonds is 5. The molecule has 2 unspecified atom stereocenters. The van der Waals surface area contributed by atoms with E-state index in [1.807, 2.05) is 22.5 Å². The van der Waals surface area contributed by atoms with Crippen LogP contribution in [0.1, 0.15) is 46.9 Å². The first kappa shape index (κ1) is 19.4. The Balaban J connectivity index is 1.45. The minimum Gasteiger partial charge on any atom is -0.366 e. The van der Waals surface area contributed by atoms with Crippen LogP contribution < -0.4 is 0 Å². The fourth-order valence-electron chi connectivity index (χ4n) is 4.25. The number of thiophene rings is 1. The number of likely N-dealkylation sites (tertiary alicyclic amines) is 1. The van der Waals surface area contributed by atoms with Crippen molar-refractivity contribution >= 4 is 23.1 Å². The van der Waals surface area contributed by atoms with Gasteiger partial charge in [0.2, 0.25) is 0 Å². The van der Waals surface area contributed by atoms with E-state index in [-0.39, 0.29) is 12.2 Å². The number of halogens is 1. The molecule has 2 aromatic rings. The van der Waals surface area contributed by atoms with Gasteiger partial charge in [-0.15, -0.1) is 16.4 Å². The zero-order chi connectivity index (χ0) is 19.0. The van der Waals surface area contributed by atoms with Crippen molar-refractivity contribution in [2.24, 2.45) is 0 Å². The molecule has 8 heteroatoms. The van der Waals surface area contributed by atoms with Gasteiger partial charge in [-0.2, -0.15) is 11.8 Å². The number of aryl methyl sites for hydroxylation is 2. The molecule has 4 rings (SSSR count). The number of fused-ring (bicyclic) bond motifs is 2. The molecule has 0 N–H and O–H groups in total. The highest BCUT2D eigenvalue weighted by molar-refractivity contribution is 7.98. The van der Waals surface area contributed by atoms with Gasteiger partial charge in [0.05, 0.1) is 18.8 Å². The zero-order valence-electron chi connectivity index (χ0n) is 16.2. The molecule has 1 spiro atoms. The summed E-state index contributed by atoms with van der Waals surface area (Å²) in [7, 11) is 0. The Morgan fingerprint density at radius 1 is 1.48 bits per heavy atom. The average Bonchev–Trinajstić information content (AvgIpc) is 3.26. The second kappa shape index (κ2) is 7.81. The number of hydrogen-bond acceptors (Lipinski definition) is 6. The molecule has 4 heterocycles. The molecule has 2 aliphatic rings. The van der Waals surface area contributed by atoms with E-state index in [9.17, 15) is 4.39 Å². The summed E-state index contributed by atoms with van der Waals surface area (Å²) in [5, 5.41) is 8.56. The molecule has 5 nitrogen and oxygen atoms in total. The summed E-state index contributed by atoms with van der Waals surface area (Å²) in [4.78, 5) is 4.73. The van der Waals surface area contributed by atoms with Crippen molar-refractivity contribution in [3.8, 4) is 0 Å². The van der Waals surface area contributed by atoms with E-state index in [1.165, 1.54) is 4.88 Å².